The zero-order valence-electron chi connectivity index (χ0n) is 18.9. The van der Waals surface area contributed by atoms with E-state index in [4.69, 9.17) is 4.99 Å². The minimum absolute atomic E-state index is 0.0565. The van der Waals surface area contributed by atoms with Crippen molar-refractivity contribution in [2.75, 3.05) is 16.8 Å². The van der Waals surface area contributed by atoms with Gasteiger partial charge in [-0.2, -0.15) is 0 Å². The number of aliphatic imine (C=N–C) groups is 1. The monoisotopic (exact) mass is 445 g/mol. The quantitative estimate of drug-likeness (QED) is 0.545. The number of nitrogens with one attached hydrogen (secondary N) is 1. The number of rotatable bonds is 5. The molecule has 0 radical (unpaired) electrons. The molecular weight excluding hydrogens is 418 g/mol. The van der Waals surface area contributed by atoms with Gasteiger partial charge in [-0.05, 0) is 73.0 Å². The van der Waals surface area contributed by atoms with Crippen molar-refractivity contribution in [3.63, 3.8) is 0 Å². The molecule has 4 rings (SSSR count). The van der Waals surface area contributed by atoms with E-state index in [0.717, 1.165) is 50.6 Å². The van der Waals surface area contributed by atoms with Crippen molar-refractivity contribution in [3.8, 4) is 0 Å². The van der Waals surface area contributed by atoms with Gasteiger partial charge in [-0.1, -0.05) is 31.2 Å². The molecule has 5 nitrogen and oxygen atoms in total. The van der Waals surface area contributed by atoms with Gasteiger partial charge < -0.3 is 10.2 Å². The predicted octanol–water partition coefficient (Wildman–Crippen LogP) is 5.73. The molecule has 6 heteroatoms. The van der Waals surface area contributed by atoms with Gasteiger partial charge in [0, 0.05) is 10.6 Å². The molecule has 1 aliphatic rings. The average Bonchev–Trinajstić information content (AvgIpc) is 3.26. The number of nitrogens with zero attached hydrogens (tertiary/aromatic N) is 2. The fourth-order valence-corrected chi connectivity index (χ4v) is 4.65. The average molecular weight is 446 g/mol. The number of hydrogen-bond acceptors (Lipinski definition) is 4. The van der Waals surface area contributed by atoms with Crippen molar-refractivity contribution in [2.45, 2.75) is 40.5 Å². The van der Waals surface area contributed by atoms with Gasteiger partial charge >= 0.3 is 0 Å². The third kappa shape index (κ3) is 4.36. The van der Waals surface area contributed by atoms with Crippen molar-refractivity contribution in [1.29, 1.82) is 0 Å². The molecule has 0 atom stereocenters. The highest BCUT2D eigenvalue weighted by Crippen LogP contribution is 2.36. The van der Waals surface area contributed by atoms with Crippen molar-refractivity contribution in [3.05, 3.63) is 75.0 Å². The number of aryl methyl sites for hydroxylation is 4. The van der Waals surface area contributed by atoms with Crippen LogP contribution in [-0.4, -0.2) is 24.1 Å². The smallest absolute Gasteiger partial charge is 0.244 e. The van der Waals surface area contributed by atoms with Crippen LogP contribution in [0.1, 0.15) is 40.5 Å². The number of para-hydroxylation sites is 1. The summed E-state index contributed by atoms with van der Waals surface area (Å²) in [5.74, 6) is -0.346. The van der Waals surface area contributed by atoms with E-state index < -0.39 is 0 Å². The molecule has 164 valence electrons. The maximum atomic E-state index is 13.3. The summed E-state index contributed by atoms with van der Waals surface area (Å²) in [6, 6.07) is 13.9. The Hall–Kier alpha value is -3.25. The zero-order chi connectivity index (χ0) is 22.8. The number of carbonyl (C=O) groups excluding carboxylic acids is 2. The standard InChI is InChI=1S/C26H27N3O2S/c1-5-19-9-6-8-16(2)26(19)28-24(30)15-29-22-13-18(4)17(3)12-20(22)27-21(14-25(29)31)23-10-7-11-32-23/h6-13H,5,14-15H2,1-4H3,(H,28,30). The maximum Gasteiger partial charge on any atom is 0.244 e. The van der Waals surface area contributed by atoms with Crippen LogP contribution in [0.25, 0.3) is 0 Å². The number of hydrogen-bond donors (Lipinski definition) is 1. The Morgan fingerprint density at radius 2 is 1.88 bits per heavy atom. The van der Waals surface area contributed by atoms with Gasteiger partial charge in [0.15, 0.2) is 0 Å². The van der Waals surface area contributed by atoms with Gasteiger partial charge in [0.25, 0.3) is 0 Å². The van der Waals surface area contributed by atoms with E-state index in [-0.39, 0.29) is 24.8 Å². The van der Waals surface area contributed by atoms with Gasteiger partial charge in [-0.3, -0.25) is 9.59 Å². The number of thiophene rings is 1. The molecule has 32 heavy (non-hydrogen) atoms. The molecule has 0 saturated carbocycles. The van der Waals surface area contributed by atoms with Crippen LogP contribution in [0.3, 0.4) is 0 Å². The molecule has 1 N–H and O–H groups in total. The second-order valence-electron chi connectivity index (χ2n) is 8.13. The lowest BCUT2D eigenvalue weighted by molar-refractivity contribution is -0.120. The van der Waals surface area contributed by atoms with Gasteiger partial charge in [0.05, 0.1) is 23.5 Å². The summed E-state index contributed by atoms with van der Waals surface area (Å²) < 4.78 is 0. The molecule has 1 aliphatic heterocycles. The van der Waals surface area contributed by atoms with E-state index in [1.54, 1.807) is 16.2 Å². The number of anilines is 2. The minimum atomic E-state index is -0.217. The van der Waals surface area contributed by atoms with Crippen LogP contribution < -0.4 is 10.2 Å². The van der Waals surface area contributed by atoms with Crippen LogP contribution in [0.4, 0.5) is 17.1 Å². The molecule has 2 aromatic carbocycles. The van der Waals surface area contributed by atoms with Crippen LogP contribution in [-0.2, 0) is 16.0 Å². The molecule has 0 fully saturated rings. The normalized spacial score (nSPS) is 13.4. The van der Waals surface area contributed by atoms with Crippen LogP contribution in [0.5, 0.6) is 0 Å². The highest BCUT2D eigenvalue weighted by Gasteiger charge is 2.28. The predicted molar refractivity (Wildman–Crippen MR) is 133 cm³/mol. The SMILES string of the molecule is CCc1cccc(C)c1NC(=O)CN1C(=O)CC(c2cccs2)=Nc2cc(C)c(C)cc21. The first-order valence-electron chi connectivity index (χ1n) is 10.8. The Bertz CT molecular complexity index is 1210. The summed E-state index contributed by atoms with van der Waals surface area (Å²) in [7, 11) is 0. The fourth-order valence-electron chi connectivity index (χ4n) is 3.93. The molecular formula is C26H27N3O2S. The van der Waals surface area contributed by atoms with Crippen LogP contribution in [0.2, 0.25) is 0 Å². The summed E-state index contributed by atoms with van der Waals surface area (Å²) in [6.07, 6.45) is 0.977. The Labute approximate surface area is 192 Å². The molecule has 0 saturated heterocycles. The molecule has 2 heterocycles. The lowest BCUT2D eigenvalue weighted by Crippen LogP contribution is -2.38. The summed E-state index contributed by atoms with van der Waals surface area (Å²) in [6.45, 7) is 8.03. The molecule has 0 aliphatic carbocycles. The lowest BCUT2D eigenvalue weighted by atomic mass is 10.1. The largest absolute Gasteiger partial charge is 0.324 e. The van der Waals surface area contributed by atoms with Gasteiger partial charge in [0.1, 0.15) is 6.54 Å². The lowest BCUT2D eigenvalue weighted by Gasteiger charge is -2.23. The van der Waals surface area contributed by atoms with Gasteiger partial charge in [0.2, 0.25) is 11.8 Å². The van der Waals surface area contributed by atoms with Crippen molar-refractivity contribution < 1.29 is 9.59 Å². The number of carbonyl (C=O) groups is 2. The summed E-state index contributed by atoms with van der Waals surface area (Å²) >= 11 is 1.56. The Balaban J connectivity index is 1.68. The number of fused-ring (bicyclic) bond motifs is 1. The Kier molecular flexibility index (Phi) is 6.24. The van der Waals surface area contributed by atoms with Crippen molar-refractivity contribution >= 4 is 45.9 Å². The van der Waals surface area contributed by atoms with Crippen LogP contribution in [0, 0.1) is 20.8 Å². The third-order valence-electron chi connectivity index (χ3n) is 5.87. The molecule has 0 spiro atoms. The van der Waals surface area contributed by atoms with Crippen molar-refractivity contribution in [2.24, 2.45) is 4.99 Å². The van der Waals surface area contributed by atoms with E-state index in [0.29, 0.717) is 5.69 Å². The summed E-state index contributed by atoms with van der Waals surface area (Å²) in [4.78, 5) is 33.8. The van der Waals surface area contributed by atoms with E-state index >= 15 is 0 Å². The molecule has 0 bridgehead atoms. The first-order chi connectivity index (χ1) is 15.4. The highest BCUT2D eigenvalue weighted by molar-refractivity contribution is 7.12. The fraction of sp³-hybridized carbons (Fsp3) is 0.269. The molecule has 2 amide bonds. The molecule has 0 unspecified atom stereocenters. The van der Waals surface area contributed by atoms with Crippen LogP contribution >= 0.6 is 11.3 Å². The van der Waals surface area contributed by atoms with Gasteiger partial charge in [-0.15, -0.1) is 11.3 Å². The Morgan fingerprint density at radius 3 is 2.59 bits per heavy atom. The maximum absolute atomic E-state index is 13.3. The van der Waals surface area contributed by atoms with E-state index in [9.17, 15) is 9.59 Å². The molecule has 3 aromatic rings. The first-order valence-corrected chi connectivity index (χ1v) is 11.7. The van der Waals surface area contributed by atoms with E-state index in [1.165, 1.54) is 0 Å². The topological polar surface area (TPSA) is 61.8 Å². The number of amides is 2. The highest BCUT2D eigenvalue weighted by atomic mass is 32.1. The van der Waals surface area contributed by atoms with Crippen LogP contribution in [0.15, 0.2) is 52.8 Å². The second-order valence-corrected chi connectivity index (χ2v) is 9.08. The third-order valence-corrected chi connectivity index (χ3v) is 6.79. The van der Waals surface area contributed by atoms with Crippen molar-refractivity contribution in [1.82, 2.24) is 0 Å². The van der Waals surface area contributed by atoms with E-state index in [2.05, 4.69) is 12.2 Å². The summed E-state index contributed by atoms with van der Waals surface area (Å²) in [5, 5.41) is 5.02. The minimum Gasteiger partial charge on any atom is -0.324 e. The Morgan fingerprint density at radius 1 is 1.09 bits per heavy atom. The molecule has 1 aromatic heterocycles. The summed E-state index contributed by atoms with van der Waals surface area (Å²) in [5.41, 5.74) is 7.22. The number of benzene rings is 2. The second kappa shape index (κ2) is 9.09. The first kappa shape index (κ1) is 22.0. The zero-order valence-corrected chi connectivity index (χ0v) is 19.7. The van der Waals surface area contributed by atoms with Gasteiger partial charge in [-0.25, -0.2) is 4.99 Å². The van der Waals surface area contributed by atoms with E-state index in [1.807, 2.05) is 68.6 Å².